The van der Waals surface area contributed by atoms with Gasteiger partial charge in [-0.3, -0.25) is 14.5 Å². The molecule has 1 fully saturated rings. The molecule has 142 valence electrons. The Morgan fingerprint density at radius 2 is 1.56 bits per heavy atom. The summed E-state index contributed by atoms with van der Waals surface area (Å²) < 4.78 is 16.0. The highest BCUT2D eigenvalue weighted by Crippen LogP contribution is 2.36. The normalized spacial score (nSPS) is 15.0. The van der Waals surface area contributed by atoms with Crippen LogP contribution in [0.25, 0.3) is 0 Å². The van der Waals surface area contributed by atoms with Gasteiger partial charge in [0.1, 0.15) is 5.75 Å². The first kappa shape index (κ1) is 18.8. The van der Waals surface area contributed by atoms with Gasteiger partial charge in [0.25, 0.3) is 0 Å². The van der Waals surface area contributed by atoms with Crippen molar-refractivity contribution in [1.29, 1.82) is 0 Å². The second-order valence-corrected chi connectivity index (χ2v) is 6.27. The molecule has 0 saturated carbocycles. The van der Waals surface area contributed by atoms with Crippen molar-refractivity contribution >= 4 is 17.5 Å². The number of carbonyl (C=O) groups is 2. The number of hydrogen-bond donors (Lipinski definition) is 0. The van der Waals surface area contributed by atoms with Crippen molar-refractivity contribution < 1.29 is 23.8 Å². The Morgan fingerprint density at radius 3 is 2.11 bits per heavy atom. The molecule has 3 rings (SSSR count). The van der Waals surface area contributed by atoms with Crippen LogP contribution in [0.4, 0.5) is 5.69 Å². The van der Waals surface area contributed by atoms with E-state index in [0.717, 1.165) is 5.56 Å². The standard InChI is InChI=1S/C21H23NO5/c1-4-27-17-8-6-16(7-9-17)22-20(23)12-15(13-21(22)24)14-5-10-18(25-2)19(11-14)26-3/h5-11,15H,4,12-13H2,1-3H3. The summed E-state index contributed by atoms with van der Waals surface area (Å²) in [5.74, 6) is 1.31. The van der Waals surface area contributed by atoms with E-state index in [1.165, 1.54) is 4.90 Å². The number of benzene rings is 2. The van der Waals surface area contributed by atoms with Crippen molar-refractivity contribution in [2.45, 2.75) is 25.7 Å². The van der Waals surface area contributed by atoms with Crippen molar-refractivity contribution in [2.75, 3.05) is 25.7 Å². The molecule has 0 aliphatic carbocycles. The first-order valence-corrected chi connectivity index (χ1v) is 8.88. The van der Waals surface area contributed by atoms with Gasteiger partial charge in [0, 0.05) is 18.8 Å². The average Bonchev–Trinajstić information content (AvgIpc) is 2.68. The number of hydrogen-bond acceptors (Lipinski definition) is 5. The van der Waals surface area contributed by atoms with Gasteiger partial charge in [-0.25, -0.2) is 0 Å². The van der Waals surface area contributed by atoms with E-state index in [4.69, 9.17) is 14.2 Å². The SMILES string of the molecule is CCOc1ccc(N2C(=O)CC(c3ccc(OC)c(OC)c3)CC2=O)cc1. The second kappa shape index (κ2) is 8.12. The van der Waals surface area contributed by atoms with Crippen molar-refractivity contribution in [1.82, 2.24) is 0 Å². The van der Waals surface area contributed by atoms with Gasteiger partial charge in [0.2, 0.25) is 11.8 Å². The Bertz CT molecular complexity index is 813. The van der Waals surface area contributed by atoms with Gasteiger partial charge in [-0.2, -0.15) is 0 Å². The Hall–Kier alpha value is -3.02. The maximum Gasteiger partial charge on any atom is 0.234 e. The summed E-state index contributed by atoms with van der Waals surface area (Å²) in [6.45, 7) is 2.47. The minimum absolute atomic E-state index is 0.177. The molecule has 1 saturated heterocycles. The zero-order valence-electron chi connectivity index (χ0n) is 15.7. The summed E-state index contributed by atoms with van der Waals surface area (Å²) >= 11 is 0. The first-order chi connectivity index (χ1) is 13.1. The highest BCUT2D eigenvalue weighted by molar-refractivity contribution is 6.17. The molecule has 0 atom stereocenters. The molecule has 0 aromatic heterocycles. The molecule has 2 aromatic carbocycles. The van der Waals surface area contributed by atoms with Gasteiger partial charge < -0.3 is 14.2 Å². The minimum atomic E-state index is -0.213. The summed E-state index contributed by atoms with van der Waals surface area (Å²) in [5, 5.41) is 0. The van der Waals surface area contributed by atoms with E-state index in [0.29, 0.717) is 29.5 Å². The van der Waals surface area contributed by atoms with Crippen LogP contribution in [0.5, 0.6) is 17.2 Å². The third-order valence-electron chi connectivity index (χ3n) is 4.63. The largest absolute Gasteiger partial charge is 0.494 e. The molecule has 0 bridgehead atoms. The number of carbonyl (C=O) groups excluding carboxylic acids is 2. The molecule has 6 heteroatoms. The topological polar surface area (TPSA) is 65.1 Å². The fourth-order valence-corrected chi connectivity index (χ4v) is 3.30. The van der Waals surface area contributed by atoms with Gasteiger partial charge in [-0.1, -0.05) is 6.07 Å². The van der Waals surface area contributed by atoms with Gasteiger partial charge in [-0.15, -0.1) is 0 Å². The Balaban J connectivity index is 1.79. The van der Waals surface area contributed by atoms with Crippen molar-refractivity contribution in [3.63, 3.8) is 0 Å². The number of amides is 2. The van der Waals surface area contributed by atoms with Crippen molar-refractivity contribution in [3.8, 4) is 17.2 Å². The maximum absolute atomic E-state index is 12.7. The summed E-state index contributed by atoms with van der Waals surface area (Å²) in [6, 6.07) is 12.5. The summed E-state index contributed by atoms with van der Waals surface area (Å²) in [5.41, 5.74) is 1.46. The van der Waals surface area contributed by atoms with E-state index in [9.17, 15) is 9.59 Å². The fraction of sp³-hybridized carbons (Fsp3) is 0.333. The molecule has 0 radical (unpaired) electrons. The summed E-state index contributed by atoms with van der Waals surface area (Å²) in [7, 11) is 3.13. The highest BCUT2D eigenvalue weighted by atomic mass is 16.5. The van der Waals surface area contributed by atoms with Crippen LogP contribution in [-0.2, 0) is 9.59 Å². The maximum atomic E-state index is 12.7. The van der Waals surface area contributed by atoms with Crippen LogP contribution in [0.1, 0.15) is 31.2 Å². The van der Waals surface area contributed by atoms with Crippen LogP contribution in [0, 0.1) is 0 Å². The zero-order valence-corrected chi connectivity index (χ0v) is 15.7. The quantitative estimate of drug-likeness (QED) is 0.729. The number of nitrogens with zero attached hydrogens (tertiary/aromatic N) is 1. The van der Waals surface area contributed by atoms with Crippen LogP contribution in [0.2, 0.25) is 0 Å². The van der Waals surface area contributed by atoms with E-state index in [1.54, 1.807) is 44.6 Å². The van der Waals surface area contributed by atoms with Crippen LogP contribution < -0.4 is 19.1 Å². The first-order valence-electron chi connectivity index (χ1n) is 8.88. The Kier molecular flexibility index (Phi) is 5.64. The molecule has 1 aliphatic heterocycles. The number of ether oxygens (including phenoxy) is 3. The molecular weight excluding hydrogens is 346 g/mol. The van der Waals surface area contributed by atoms with Crippen molar-refractivity contribution in [2.24, 2.45) is 0 Å². The fourth-order valence-electron chi connectivity index (χ4n) is 3.30. The molecule has 0 N–H and O–H groups in total. The van der Waals surface area contributed by atoms with Gasteiger partial charge in [-0.05, 0) is 48.9 Å². The summed E-state index contributed by atoms with van der Waals surface area (Å²) in [4.78, 5) is 26.6. The number of piperidine rings is 1. The second-order valence-electron chi connectivity index (χ2n) is 6.27. The van der Waals surface area contributed by atoms with E-state index in [1.807, 2.05) is 19.1 Å². The minimum Gasteiger partial charge on any atom is -0.494 e. The average molecular weight is 369 g/mol. The van der Waals surface area contributed by atoms with E-state index >= 15 is 0 Å². The predicted octanol–water partition coefficient (Wildman–Crippen LogP) is 3.54. The number of methoxy groups -OCH3 is 2. The number of imide groups is 1. The smallest absolute Gasteiger partial charge is 0.234 e. The van der Waals surface area contributed by atoms with E-state index < -0.39 is 0 Å². The monoisotopic (exact) mass is 369 g/mol. The molecule has 2 aromatic rings. The zero-order chi connectivity index (χ0) is 19.4. The van der Waals surface area contributed by atoms with Gasteiger partial charge in [0.15, 0.2) is 11.5 Å². The van der Waals surface area contributed by atoms with Crippen LogP contribution in [-0.4, -0.2) is 32.6 Å². The lowest BCUT2D eigenvalue weighted by Crippen LogP contribution is -2.42. The molecule has 6 nitrogen and oxygen atoms in total. The van der Waals surface area contributed by atoms with Gasteiger partial charge in [0.05, 0.1) is 26.5 Å². The predicted molar refractivity (Wildman–Crippen MR) is 102 cm³/mol. The lowest BCUT2D eigenvalue weighted by molar-refractivity contribution is -0.129. The molecular formula is C21H23NO5. The lowest BCUT2D eigenvalue weighted by Gasteiger charge is -2.30. The summed E-state index contributed by atoms with van der Waals surface area (Å²) in [6.07, 6.45) is 0.517. The highest BCUT2D eigenvalue weighted by Gasteiger charge is 2.34. The molecule has 0 spiro atoms. The molecule has 1 heterocycles. The van der Waals surface area contributed by atoms with E-state index in [2.05, 4.69) is 0 Å². The van der Waals surface area contributed by atoms with Crippen molar-refractivity contribution in [3.05, 3.63) is 48.0 Å². The third-order valence-corrected chi connectivity index (χ3v) is 4.63. The molecule has 0 unspecified atom stereocenters. The Morgan fingerprint density at radius 1 is 0.926 bits per heavy atom. The number of rotatable bonds is 6. The van der Waals surface area contributed by atoms with E-state index in [-0.39, 0.29) is 30.6 Å². The van der Waals surface area contributed by atoms with Gasteiger partial charge >= 0.3 is 0 Å². The molecule has 27 heavy (non-hydrogen) atoms. The van der Waals surface area contributed by atoms with Crippen LogP contribution in [0.15, 0.2) is 42.5 Å². The number of anilines is 1. The molecule has 1 aliphatic rings. The van der Waals surface area contributed by atoms with Crippen LogP contribution >= 0.6 is 0 Å². The Labute approximate surface area is 158 Å². The molecule has 2 amide bonds. The third kappa shape index (κ3) is 3.89. The lowest BCUT2D eigenvalue weighted by atomic mass is 9.88. The van der Waals surface area contributed by atoms with Crippen LogP contribution in [0.3, 0.4) is 0 Å².